The molecule has 0 saturated carbocycles. The zero-order chi connectivity index (χ0) is 23.1. The molecule has 0 fully saturated rings. The fourth-order valence-electron chi connectivity index (χ4n) is 2.82. The lowest BCUT2D eigenvalue weighted by molar-refractivity contribution is -0.419. The number of ether oxygens (including phenoxy) is 1. The number of aromatic nitrogens is 3. The third-order valence-electron chi connectivity index (χ3n) is 4.22. The summed E-state index contributed by atoms with van der Waals surface area (Å²) in [5.41, 5.74) is 6.60. The van der Waals surface area contributed by atoms with Crippen LogP contribution in [0.4, 0.5) is 5.69 Å². The van der Waals surface area contributed by atoms with Crippen molar-refractivity contribution < 1.29 is 9.66 Å². The minimum absolute atomic E-state index is 0.0365. The first-order valence-electron chi connectivity index (χ1n) is 9.65. The lowest BCUT2D eigenvalue weighted by Crippen LogP contribution is -2.22. The summed E-state index contributed by atoms with van der Waals surface area (Å²) in [6, 6.07) is 13.9. The van der Waals surface area contributed by atoms with E-state index in [4.69, 9.17) is 33.7 Å². The third-order valence-corrected chi connectivity index (χ3v) is 5.01. The first kappa shape index (κ1) is 23.3. The molecule has 0 aliphatic rings. The highest BCUT2D eigenvalue weighted by Crippen LogP contribution is 2.29. The molecule has 0 aliphatic carbocycles. The van der Waals surface area contributed by atoms with Gasteiger partial charge in [0.1, 0.15) is 16.4 Å². The number of rotatable bonds is 10. The number of nitro groups is 1. The monoisotopic (exact) mass is 477 g/mol. The molecule has 0 radical (unpaired) electrons. The molecule has 10 nitrogen and oxygen atoms in total. The first-order chi connectivity index (χ1) is 15.5. The number of hydrogen-bond donors (Lipinski definition) is 3. The van der Waals surface area contributed by atoms with Gasteiger partial charge in [-0.3, -0.25) is 10.1 Å². The highest BCUT2D eigenvalue weighted by Gasteiger charge is 2.29. The maximum atomic E-state index is 12.1. The highest BCUT2D eigenvalue weighted by atomic mass is 35.5. The van der Waals surface area contributed by atoms with Gasteiger partial charge in [-0.2, -0.15) is 4.68 Å². The van der Waals surface area contributed by atoms with Gasteiger partial charge in [-0.1, -0.05) is 40.5 Å². The Hall–Kier alpha value is -3.34. The number of para-hydroxylation sites is 1. The van der Waals surface area contributed by atoms with E-state index in [1.165, 1.54) is 4.68 Å². The largest absolute Gasteiger partial charge is 0.494 e. The van der Waals surface area contributed by atoms with Gasteiger partial charge in [0, 0.05) is 18.8 Å². The Labute approximate surface area is 193 Å². The van der Waals surface area contributed by atoms with E-state index >= 15 is 0 Å². The maximum Gasteiger partial charge on any atom is 0.333 e. The van der Waals surface area contributed by atoms with Gasteiger partial charge in [0.25, 0.3) is 0 Å². The van der Waals surface area contributed by atoms with Crippen molar-refractivity contribution in [1.82, 2.24) is 20.3 Å². The van der Waals surface area contributed by atoms with Gasteiger partial charge in [0.2, 0.25) is 5.82 Å². The van der Waals surface area contributed by atoms with Crippen molar-refractivity contribution in [2.45, 2.75) is 6.92 Å². The molecule has 3 aromatic rings. The second-order valence-electron chi connectivity index (χ2n) is 6.37. The van der Waals surface area contributed by atoms with E-state index < -0.39 is 10.6 Å². The summed E-state index contributed by atoms with van der Waals surface area (Å²) in [6.07, 6.45) is 0. The van der Waals surface area contributed by atoms with Crippen LogP contribution in [-0.2, 0) is 0 Å². The molecule has 0 aliphatic heterocycles. The lowest BCUT2D eigenvalue weighted by atomic mass is 10.2. The van der Waals surface area contributed by atoms with E-state index in [9.17, 15) is 10.1 Å². The Kier molecular flexibility index (Phi) is 7.87. The van der Waals surface area contributed by atoms with Crippen LogP contribution in [0.25, 0.3) is 16.9 Å². The van der Waals surface area contributed by atoms with Gasteiger partial charge in [-0.25, -0.2) is 0 Å². The minimum atomic E-state index is -0.637. The zero-order valence-electron chi connectivity index (χ0n) is 17.1. The van der Waals surface area contributed by atoms with Gasteiger partial charge in [0.05, 0.1) is 17.0 Å². The Balaban J connectivity index is 2.18. The summed E-state index contributed by atoms with van der Waals surface area (Å²) in [5.74, 6) is 0.627. The Morgan fingerprint density at radius 2 is 1.94 bits per heavy atom. The molecular formula is C20H21Cl2N7O3. The van der Waals surface area contributed by atoms with Crippen molar-refractivity contribution in [1.29, 1.82) is 0 Å². The van der Waals surface area contributed by atoms with Crippen LogP contribution in [0.1, 0.15) is 6.92 Å². The minimum Gasteiger partial charge on any atom is -0.494 e. The number of fused-ring (bicyclic) bond motifs is 1. The zero-order valence-corrected chi connectivity index (χ0v) is 18.6. The van der Waals surface area contributed by atoms with Crippen LogP contribution in [0.3, 0.4) is 0 Å². The second kappa shape index (κ2) is 10.8. The summed E-state index contributed by atoms with van der Waals surface area (Å²) in [5, 5.41) is 25.7. The van der Waals surface area contributed by atoms with Crippen molar-refractivity contribution in [3.8, 4) is 5.75 Å². The molecule has 0 amide bonds. The number of halogens is 2. The summed E-state index contributed by atoms with van der Waals surface area (Å²) in [6.45, 7) is 2.95. The molecule has 1 heterocycles. The van der Waals surface area contributed by atoms with E-state index in [1.54, 1.807) is 48.5 Å². The predicted molar refractivity (Wildman–Crippen MR) is 125 cm³/mol. The van der Waals surface area contributed by atoms with Gasteiger partial charge in [-0.05, 0) is 43.3 Å². The van der Waals surface area contributed by atoms with Crippen molar-refractivity contribution in [3.05, 3.63) is 74.5 Å². The fourth-order valence-corrected chi connectivity index (χ4v) is 3.23. The van der Waals surface area contributed by atoms with Crippen LogP contribution in [-0.4, -0.2) is 39.6 Å². The topological polar surface area (TPSA) is 133 Å². The molecule has 4 N–H and O–H groups in total. The average Bonchev–Trinajstić information content (AvgIpc) is 3.22. The Morgan fingerprint density at radius 3 is 2.59 bits per heavy atom. The van der Waals surface area contributed by atoms with Crippen molar-refractivity contribution in [2.75, 3.05) is 25.0 Å². The number of nitrogens with two attached hydrogens (primary N) is 1. The maximum absolute atomic E-state index is 12.1. The number of hydrogen-bond acceptors (Lipinski definition) is 8. The molecule has 2 aromatic carbocycles. The van der Waals surface area contributed by atoms with Crippen LogP contribution >= 0.6 is 23.2 Å². The predicted octanol–water partition coefficient (Wildman–Crippen LogP) is 3.54. The molecular weight excluding hydrogens is 457 g/mol. The van der Waals surface area contributed by atoms with E-state index in [2.05, 4.69) is 20.9 Å². The van der Waals surface area contributed by atoms with Crippen LogP contribution in [0.2, 0.25) is 0 Å². The molecule has 32 heavy (non-hydrogen) atoms. The standard InChI is InChI=1S/C20H21Cl2N7O3/c1-2-32-14-9-7-13(8-10-14)25-20(28-16-6-4-3-5-15(16)26-27-28)18(29(30)31)17(21)19(22)24-12-11-23/h3-10,24-25H,2,11-12,23H2,1H3/b19-17-,20-18+. The number of benzene rings is 2. The lowest BCUT2D eigenvalue weighted by Gasteiger charge is -2.14. The van der Waals surface area contributed by atoms with Crippen LogP contribution in [0.15, 0.2) is 64.4 Å². The second-order valence-corrected chi connectivity index (χ2v) is 7.13. The summed E-state index contributed by atoms with van der Waals surface area (Å²) >= 11 is 12.5. The first-order valence-corrected chi connectivity index (χ1v) is 10.4. The molecule has 0 bridgehead atoms. The molecule has 3 rings (SSSR count). The third kappa shape index (κ3) is 5.28. The molecule has 0 spiro atoms. The van der Waals surface area contributed by atoms with E-state index in [0.29, 0.717) is 29.1 Å². The molecule has 1 aromatic heterocycles. The van der Waals surface area contributed by atoms with Crippen molar-refractivity contribution in [3.63, 3.8) is 0 Å². The Morgan fingerprint density at radius 1 is 1.22 bits per heavy atom. The smallest absolute Gasteiger partial charge is 0.333 e. The summed E-state index contributed by atoms with van der Waals surface area (Å²) < 4.78 is 6.75. The van der Waals surface area contributed by atoms with Crippen molar-refractivity contribution >= 4 is 45.7 Å². The van der Waals surface area contributed by atoms with Crippen LogP contribution < -0.4 is 21.1 Å². The molecule has 0 atom stereocenters. The van der Waals surface area contributed by atoms with E-state index in [-0.39, 0.29) is 29.1 Å². The van der Waals surface area contributed by atoms with Crippen LogP contribution in [0.5, 0.6) is 5.75 Å². The number of allylic oxidation sites excluding steroid dienone is 1. The molecule has 0 saturated heterocycles. The Bertz CT molecular complexity index is 1160. The molecule has 0 unspecified atom stereocenters. The van der Waals surface area contributed by atoms with Crippen LogP contribution in [0, 0.1) is 10.1 Å². The normalized spacial score (nSPS) is 12.8. The number of nitrogens with zero attached hydrogens (tertiary/aromatic N) is 4. The summed E-state index contributed by atoms with van der Waals surface area (Å²) in [4.78, 5) is 11.5. The number of nitrogens with one attached hydrogen (secondary N) is 2. The fraction of sp³-hybridized carbons (Fsp3) is 0.200. The molecule has 168 valence electrons. The number of anilines is 1. The van der Waals surface area contributed by atoms with E-state index in [0.717, 1.165) is 0 Å². The van der Waals surface area contributed by atoms with Gasteiger partial charge in [-0.15, -0.1) is 5.10 Å². The SMILES string of the molecule is CCOc1ccc(N/C(=C(/C(Cl)=C(\Cl)NCCN)[N+](=O)[O-])n2nnc3ccccc32)cc1. The van der Waals surface area contributed by atoms with Gasteiger partial charge < -0.3 is 21.1 Å². The van der Waals surface area contributed by atoms with E-state index in [1.807, 2.05) is 6.92 Å². The van der Waals surface area contributed by atoms with Crippen molar-refractivity contribution in [2.24, 2.45) is 5.73 Å². The van der Waals surface area contributed by atoms with Gasteiger partial charge in [0.15, 0.2) is 5.03 Å². The summed E-state index contributed by atoms with van der Waals surface area (Å²) in [7, 11) is 0. The highest BCUT2D eigenvalue weighted by molar-refractivity contribution is 6.40. The quantitative estimate of drug-likeness (QED) is 0.174. The molecule has 12 heteroatoms. The average molecular weight is 478 g/mol. The van der Waals surface area contributed by atoms with Gasteiger partial charge >= 0.3 is 5.70 Å².